The van der Waals surface area contributed by atoms with Gasteiger partial charge in [0, 0.05) is 72.5 Å². The lowest BCUT2D eigenvalue weighted by molar-refractivity contribution is 0.0634. The largest absolute Gasteiger partial charge is 0.444 e. The molecule has 0 radical (unpaired) electrons. The molecule has 0 atom stereocenters. The zero-order valence-corrected chi connectivity index (χ0v) is 47.0. The Kier molecular flexibility index (Phi) is 16.6. The maximum atomic E-state index is 13.1. The number of pyridine rings is 4. The minimum Gasteiger partial charge on any atom is -0.444 e. The maximum absolute atomic E-state index is 13.1. The van der Waals surface area contributed by atoms with Gasteiger partial charge in [-0.3, -0.25) is 34.2 Å². The van der Waals surface area contributed by atoms with Crippen LogP contribution in [0.4, 0.5) is 16.4 Å². The Balaban J connectivity index is 0.000000232. The molecule has 3 amide bonds. The molecule has 2 aromatic carbocycles. The van der Waals surface area contributed by atoms with E-state index < -0.39 is 43.2 Å². The van der Waals surface area contributed by atoms with Gasteiger partial charge in [-0.1, -0.05) is 0 Å². The number of ether oxygens (including phenoxy) is 1. The summed E-state index contributed by atoms with van der Waals surface area (Å²) in [5.41, 5.74) is 13.6. The van der Waals surface area contributed by atoms with Crippen LogP contribution < -0.4 is 21.7 Å². The van der Waals surface area contributed by atoms with Crippen LogP contribution in [0.1, 0.15) is 109 Å². The topological polar surface area (TPSA) is 326 Å². The van der Waals surface area contributed by atoms with Crippen molar-refractivity contribution in [2.24, 2.45) is 0 Å². The van der Waals surface area contributed by atoms with Crippen molar-refractivity contribution in [2.45, 2.75) is 104 Å². The summed E-state index contributed by atoms with van der Waals surface area (Å²) < 4.78 is 58.0. The van der Waals surface area contributed by atoms with E-state index in [1.165, 1.54) is 27.8 Å². The van der Waals surface area contributed by atoms with Crippen LogP contribution in [0.3, 0.4) is 0 Å². The van der Waals surface area contributed by atoms with Gasteiger partial charge in [0.05, 0.1) is 45.0 Å². The Morgan fingerprint density at radius 2 is 1.08 bits per heavy atom. The number of nitriles is 2. The molecule has 8 aromatic rings. The number of nitrogen functional groups attached to an aromatic ring is 1. The normalized spacial score (nSPS) is 11.6. The summed E-state index contributed by atoms with van der Waals surface area (Å²) in [5, 5.41) is 37.3. The average molecular weight is 1110 g/mol. The standard InChI is InChI=1S/C30H33N7O5S.C25H25N7O3S/c1-17-8-21-10-20(11-25(43(7,40)41)27(21)32-13-17)15-37-16-23(24(12-31)36-37)28(38)33-14-22-18(2)9-26(34-19(22)3)35-29(39)42-30(4,5)6;1-14-5-18-7-17(8-22(36(4,34)35)24(18)28-10-14)12-32-13-20(21(9-26)31-32)25(33)29-11-19-15(2)6-23(27)30-16(19)3/h8-11,13,16H,14-15H2,1-7H3,(H,33,38)(H,34,35,39);5-8,10,13H,11-12H2,1-4H3,(H2,27,30)(H,29,33). The van der Waals surface area contributed by atoms with E-state index in [1.54, 1.807) is 58.3 Å². The molecule has 0 unspecified atom stereocenters. The molecule has 22 nitrogen and oxygen atoms in total. The summed E-state index contributed by atoms with van der Waals surface area (Å²) in [7, 11) is -7.12. The number of rotatable bonds is 13. The Morgan fingerprint density at radius 1 is 0.646 bits per heavy atom. The first-order valence-corrected chi connectivity index (χ1v) is 28.2. The monoisotopic (exact) mass is 1110 g/mol. The van der Waals surface area contributed by atoms with E-state index in [1.807, 2.05) is 71.0 Å². The Bertz CT molecular complexity index is 4050. The van der Waals surface area contributed by atoms with Crippen LogP contribution >= 0.6 is 0 Å². The van der Waals surface area contributed by atoms with E-state index in [4.69, 9.17) is 10.5 Å². The van der Waals surface area contributed by atoms with Crippen molar-refractivity contribution < 1.29 is 36.0 Å². The summed E-state index contributed by atoms with van der Waals surface area (Å²) in [6.07, 6.45) is 7.81. The Morgan fingerprint density at radius 3 is 1.47 bits per heavy atom. The van der Waals surface area contributed by atoms with Gasteiger partial charge < -0.3 is 21.1 Å². The highest BCUT2D eigenvalue weighted by Crippen LogP contribution is 2.27. The van der Waals surface area contributed by atoms with Gasteiger partial charge in [0.1, 0.15) is 29.4 Å². The third-order valence-corrected chi connectivity index (χ3v) is 14.4. The van der Waals surface area contributed by atoms with E-state index in [0.717, 1.165) is 45.9 Å². The lowest BCUT2D eigenvalue weighted by Crippen LogP contribution is -2.28. The number of nitrogens with one attached hydrogen (secondary N) is 3. The quantitative estimate of drug-likeness (QED) is 0.0908. The molecular weight excluding hydrogens is 1050 g/mol. The molecule has 0 spiro atoms. The summed E-state index contributed by atoms with van der Waals surface area (Å²) in [4.78, 5) is 55.6. The lowest BCUT2D eigenvalue weighted by atomic mass is 10.1. The number of benzene rings is 2. The van der Waals surface area contributed by atoms with E-state index in [-0.39, 0.29) is 58.5 Å². The van der Waals surface area contributed by atoms with Gasteiger partial charge in [-0.2, -0.15) is 20.7 Å². The van der Waals surface area contributed by atoms with Crippen molar-refractivity contribution in [2.75, 3.05) is 23.6 Å². The third kappa shape index (κ3) is 14.1. The SMILES string of the molecule is Cc1cnc2c(S(C)(=O)=O)cc(Cn3cc(C(=O)NCc4c(C)cc(N)nc4C)c(C#N)n3)cc2c1.Cc1cnc2c(S(C)(=O)=O)cc(Cn3cc(C(=O)NCc4c(C)cc(NC(=O)OC(C)(C)C)nc4C)c(C#N)n3)cc2c1. The molecule has 79 heavy (non-hydrogen) atoms. The van der Waals surface area contributed by atoms with Crippen LogP contribution in [0.15, 0.2) is 83.1 Å². The van der Waals surface area contributed by atoms with Crippen LogP contribution in [-0.4, -0.2) is 92.4 Å². The fourth-order valence-corrected chi connectivity index (χ4v) is 10.5. The van der Waals surface area contributed by atoms with Gasteiger partial charge >= 0.3 is 6.09 Å². The predicted molar refractivity (Wildman–Crippen MR) is 295 cm³/mol. The molecule has 6 aromatic heterocycles. The summed E-state index contributed by atoms with van der Waals surface area (Å²) in [6, 6.07) is 17.8. The number of carbonyl (C=O) groups excluding carboxylic acids is 3. The minimum atomic E-state index is -3.58. The number of fused-ring (bicyclic) bond motifs is 2. The molecule has 0 aliphatic rings. The van der Waals surface area contributed by atoms with Crippen molar-refractivity contribution in [1.82, 2.24) is 50.1 Å². The zero-order chi connectivity index (χ0) is 57.9. The molecule has 0 saturated heterocycles. The third-order valence-electron chi connectivity index (χ3n) is 12.2. The number of amides is 3. The van der Waals surface area contributed by atoms with Crippen LogP contribution in [0.5, 0.6) is 0 Å². The smallest absolute Gasteiger partial charge is 0.413 e. The van der Waals surface area contributed by atoms with Crippen LogP contribution in [0.2, 0.25) is 0 Å². The zero-order valence-electron chi connectivity index (χ0n) is 45.4. The fourth-order valence-electron chi connectivity index (χ4n) is 8.68. The Hall–Kier alpha value is -9.13. The number of sulfone groups is 2. The van der Waals surface area contributed by atoms with Crippen molar-refractivity contribution in [3.8, 4) is 12.1 Å². The second kappa shape index (κ2) is 22.8. The van der Waals surface area contributed by atoms with Crippen LogP contribution in [-0.2, 0) is 50.6 Å². The molecule has 0 aliphatic heterocycles. The molecule has 6 heterocycles. The minimum absolute atomic E-state index is 0.0296. The molecule has 24 heteroatoms. The van der Waals surface area contributed by atoms with E-state index in [0.29, 0.717) is 56.0 Å². The molecule has 408 valence electrons. The van der Waals surface area contributed by atoms with Gasteiger partial charge in [0.15, 0.2) is 31.1 Å². The van der Waals surface area contributed by atoms with Crippen molar-refractivity contribution >= 4 is 71.0 Å². The fraction of sp³-hybridized carbons (Fsp3) is 0.291. The number of aromatic nitrogens is 8. The van der Waals surface area contributed by atoms with Gasteiger partial charge in [-0.05, 0) is 155 Å². The number of hydrogen-bond acceptors (Lipinski definition) is 17. The van der Waals surface area contributed by atoms with Gasteiger partial charge in [0.25, 0.3) is 11.8 Å². The number of anilines is 2. The molecule has 0 aliphatic carbocycles. The molecule has 8 rings (SSSR count). The molecule has 0 fully saturated rings. The molecular formula is C55H58N14O8S2. The second-order valence-electron chi connectivity index (χ2n) is 20.1. The van der Waals surface area contributed by atoms with Crippen molar-refractivity contribution in [3.05, 3.63) is 152 Å². The highest BCUT2D eigenvalue weighted by molar-refractivity contribution is 7.91. The molecule has 5 N–H and O–H groups in total. The second-order valence-corrected chi connectivity index (χ2v) is 24.1. The molecule has 0 saturated carbocycles. The summed E-state index contributed by atoms with van der Waals surface area (Å²) in [6.45, 7) is 17.0. The summed E-state index contributed by atoms with van der Waals surface area (Å²) >= 11 is 0. The Labute approximate surface area is 456 Å². The van der Waals surface area contributed by atoms with Gasteiger partial charge in [0.2, 0.25) is 0 Å². The maximum Gasteiger partial charge on any atom is 0.413 e. The number of nitrogens with zero attached hydrogens (tertiary/aromatic N) is 10. The van der Waals surface area contributed by atoms with E-state index in [2.05, 4.69) is 46.1 Å². The first kappa shape index (κ1) is 57.6. The van der Waals surface area contributed by atoms with E-state index >= 15 is 0 Å². The first-order valence-electron chi connectivity index (χ1n) is 24.4. The average Bonchev–Trinajstić information content (AvgIpc) is 4.05. The van der Waals surface area contributed by atoms with Crippen LogP contribution in [0, 0.1) is 64.2 Å². The molecule has 0 bridgehead atoms. The summed E-state index contributed by atoms with van der Waals surface area (Å²) in [5.74, 6) is -0.228. The van der Waals surface area contributed by atoms with Crippen molar-refractivity contribution in [3.63, 3.8) is 0 Å². The number of carbonyl (C=O) groups is 3. The predicted octanol–water partition coefficient (Wildman–Crippen LogP) is 6.94. The number of hydrogen-bond donors (Lipinski definition) is 4. The van der Waals surface area contributed by atoms with E-state index in [9.17, 15) is 41.7 Å². The van der Waals surface area contributed by atoms with Gasteiger partial charge in [-0.25, -0.2) is 31.6 Å². The first-order chi connectivity index (χ1) is 37.0. The number of nitrogens with two attached hydrogens (primary N) is 1. The lowest BCUT2D eigenvalue weighted by Gasteiger charge is -2.20. The van der Waals surface area contributed by atoms with Crippen LogP contribution in [0.25, 0.3) is 21.8 Å². The highest BCUT2D eigenvalue weighted by Gasteiger charge is 2.23. The van der Waals surface area contributed by atoms with Gasteiger partial charge in [-0.15, -0.1) is 0 Å². The highest BCUT2D eigenvalue weighted by atomic mass is 32.2. The number of aryl methyl sites for hydroxylation is 6. The van der Waals surface area contributed by atoms with Crippen molar-refractivity contribution in [1.29, 1.82) is 10.5 Å².